The van der Waals surface area contributed by atoms with Crippen LogP contribution in [0.2, 0.25) is 1.41 Å². The average Bonchev–Trinajstić information content (AvgIpc) is 3.37. The van der Waals surface area contributed by atoms with Crippen LogP contribution in [0.1, 0.15) is 25.0 Å². The van der Waals surface area contributed by atoms with Crippen molar-refractivity contribution in [3.8, 4) is 11.3 Å². The fraction of sp³-hybridized carbons (Fsp3) is 0.435. The fourth-order valence-corrected chi connectivity index (χ4v) is 5.01. The number of nitrogens with zero attached hydrogens (tertiary/aromatic N) is 4. The largest absolute Gasteiger partial charge is 0.381 e. The van der Waals surface area contributed by atoms with Gasteiger partial charge < -0.3 is 14.9 Å². The van der Waals surface area contributed by atoms with Crippen molar-refractivity contribution >= 4 is 16.9 Å². The number of pyridine rings is 1. The summed E-state index contributed by atoms with van der Waals surface area (Å²) in [6.45, 7) is 3.44. The summed E-state index contributed by atoms with van der Waals surface area (Å²) in [5.41, 5.74) is 4.08. The molecule has 0 aliphatic carbocycles. The summed E-state index contributed by atoms with van der Waals surface area (Å²) in [6.07, 6.45) is 4.36. The van der Waals surface area contributed by atoms with Gasteiger partial charge in [-0.05, 0) is 37.5 Å². The van der Waals surface area contributed by atoms with Gasteiger partial charge in [-0.1, -0.05) is 18.2 Å². The lowest BCUT2D eigenvalue weighted by atomic mass is 9.76. The first-order valence-corrected chi connectivity index (χ1v) is 10.7. The summed E-state index contributed by atoms with van der Waals surface area (Å²) < 4.78 is 15.7. The zero-order chi connectivity index (χ0) is 21.0. The molecule has 0 radical (unpaired) electrons. The second-order valence-corrected chi connectivity index (χ2v) is 8.70. The average molecular weight is 404 g/mol. The van der Waals surface area contributed by atoms with Crippen molar-refractivity contribution in [3.05, 3.63) is 48.3 Å². The molecule has 0 atom stereocenters. The van der Waals surface area contributed by atoms with Crippen molar-refractivity contribution < 1.29 is 10.9 Å². The SMILES string of the molecule is [2H]N(C(=O)N1CC2(CCn3nc(-c4cnc5ccccc5c4)cc32)C1)C1CCOCC1. The van der Waals surface area contributed by atoms with Crippen molar-refractivity contribution in [3.63, 3.8) is 0 Å². The van der Waals surface area contributed by atoms with Crippen LogP contribution in [0.15, 0.2) is 42.6 Å². The van der Waals surface area contributed by atoms with Crippen LogP contribution in [0.5, 0.6) is 0 Å². The Kier molecular flexibility index (Phi) is 3.82. The molecule has 3 aliphatic heterocycles. The van der Waals surface area contributed by atoms with E-state index < -0.39 is 0 Å². The van der Waals surface area contributed by atoms with E-state index in [0.717, 1.165) is 48.0 Å². The quantitative estimate of drug-likeness (QED) is 0.713. The molecule has 6 rings (SSSR count). The van der Waals surface area contributed by atoms with Crippen LogP contribution >= 0.6 is 0 Å². The summed E-state index contributed by atoms with van der Waals surface area (Å²) in [6, 6.07) is 12.2. The second-order valence-electron chi connectivity index (χ2n) is 8.70. The molecular formula is C23H25N5O2. The third kappa shape index (κ3) is 2.88. The van der Waals surface area contributed by atoms with Gasteiger partial charge in [0.2, 0.25) is 0 Å². The minimum absolute atomic E-state index is 0.0400. The predicted octanol–water partition coefficient (Wildman–Crippen LogP) is 2.94. The first kappa shape index (κ1) is 16.8. The number of carbonyl (C=O) groups excluding carboxylic acids is 1. The number of benzene rings is 1. The highest BCUT2D eigenvalue weighted by molar-refractivity contribution is 5.83. The molecule has 3 aromatic rings. The molecule has 2 aromatic heterocycles. The Balaban J connectivity index is 1.20. The van der Waals surface area contributed by atoms with Gasteiger partial charge in [-0.3, -0.25) is 9.67 Å². The molecule has 3 aliphatic rings. The van der Waals surface area contributed by atoms with Crippen molar-refractivity contribution in [2.75, 3.05) is 26.3 Å². The van der Waals surface area contributed by atoms with E-state index in [4.69, 9.17) is 11.2 Å². The van der Waals surface area contributed by atoms with Crippen molar-refractivity contribution in [1.29, 1.82) is 0 Å². The smallest absolute Gasteiger partial charge is 0.317 e. The number of fused-ring (bicyclic) bond motifs is 3. The monoisotopic (exact) mass is 404 g/mol. The van der Waals surface area contributed by atoms with E-state index in [2.05, 4.69) is 27.9 Å². The zero-order valence-corrected chi connectivity index (χ0v) is 16.8. The van der Waals surface area contributed by atoms with E-state index in [1.807, 2.05) is 29.3 Å². The fourth-order valence-electron chi connectivity index (χ4n) is 5.01. The molecule has 154 valence electrons. The van der Waals surface area contributed by atoms with Crippen LogP contribution in [0.3, 0.4) is 0 Å². The third-order valence-corrected chi connectivity index (χ3v) is 6.75. The van der Waals surface area contributed by atoms with Gasteiger partial charge in [0.15, 0.2) is 1.41 Å². The lowest BCUT2D eigenvalue weighted by molar-refractivity contribution is 0.0661. The summed E-state index contributed by atoms with van der Waals surface area (Å²) in [5, 5.41) is 7.11. The first-order chi connectivity index (χ1) is 15.1. The van der Waals surface area contributed by atoms with Crippen LogP contribution < -0.4 is 5.31 Å². The Hall–Kier alpha value is -2.93. The standard InChI is InChI=1S/C23H25N5O2/c29-22(25-18-5-9-30-10-6-18)27-14-23(15-27)7-8-28-21(23)12-20(26-28)17-11-16-3-1-2-4-19(16)24-13-17/h1-4,11-13,18H,5-10,14-15H2,(H,25,29)/i/hD. The highest BCUT2D eigenvalue weighted by Crippen LogP contribution is 2.43. The Morgan fingerprint density at radius 2 is 2.07 bits per heavy atom. The van der Waals surface area contributed by atoms with Crippen molar-refractivity contribution in [1.82, 2.24) is 25.0 Å². The van der Waals surface area contributed by atoms with E-state index >= 15 is 0 Å². The maximum absolute atomic E-state index is 12.8. The summed E-state index contributed by atoms with van der Waals surface area (Å²) in [5.74, 6) is 0. The lowest BCUT2D eigenvalue weighted by Crippen LogP contribution is -2.63. The highest BCUT2D eigenvalue weighted by atomic mass is 16.5. The number of hydrogen-bond donors (Lipinski definition) is 1. The molecule has 30 heavy (non-hydrogen) atoms. The highest BCUT2D eigenvalue weighted by Gasteiger charge is 2.51. The topological polar surface area (TPSA) is 72.3 Å². The van der Waals surface area contributed by atoms with Gasteiger partial charge in [-0.15, -0.1) is 0 Å². The van der Waals surface area contributed by atoms with E-state index in [1.165, 1.54) is 11.0 Å². The minimum Gasteiger partial charge on any atom is -0.381 e. The molecule has 2 saturated heterocycles. The molecule has 1 aromatic carbocycles. The normalized spacial score (nSPS) is 20.8. The number of nitrogens with one attached hydrogen (secondary N) is 1. The lowest BCUT2D eigenvalue weighted by Gasteiger charge is -2.47. The minimum atomic E-state index is -0.186. The van der Waals surface area contributed by atoms with E-state index in [0.29, 0.717) is 26.3 Å². The van der Waals surface area contributed by atoms with Crippen LogP contribution in [0.25, 0.3) is 22.2 Å². The number of carbonyl (C=O) groups is 1. The Morgan fingerprint density at radius 3 is 2.93 bits per heavy atom. The van der Waals surface area contributed by atoms with Gasteiger partial charge >= 0.3 is 6.03 Å². The number of urea groups is 1. The summed E-state index contributed by atoms with van der Waals surface area (Å²) in [4.78, 5) is 19.2. The van der Waals surface area contributed by atoms with E-state index in [1.54, 1.807) is 0 Å². The number of amides is 2. The van der Waals surface area contributed by atoms with Gasteiger partial charge in [-0.25, -0.2) is 4.79 Å². The van der Waals surface area contributed by atoms with Crippen LogP contribution in [-0.2, 0) is 16.7 Å². The summed E-state index contributed by atoms with van der Waals surface area (Å²) >= 11 is 0. The first-order valence-electron chi connectivity index (χ1n) is 11.2. The molecule has 7 heteroatoms. The molecule has 2 fully saturated rings. The van der Waals surface area contributed by atoms with Crippen LogP contribution in [-0.4, -0.2) is 58.0 Å². The molecule has 1 N–H and O–H groups in total. The van der Waals surface area contributed by atoms with Gasteiger partial charge in [-0.2, -0.15) is 5.10 Å². The number of rotatable bonds is 2. The number of aromatic nitrogens is 3. The van der Waals surface area contributed by atoms with Crippen molar-refractivity contribution in [2.45, 2.75) is 37.3 Å². The predicted molar refractivity (Wildman–Crippen MR) is 113 cm³/mol. The Labute approximate surface area is 176 Å². The number of likely N-dealkylation sites (tertiary alicyclic amines) is 1. The molecule has 1 spiro atoms. The summed E-state index contributed by atoms with van der Waals surface area (Å²) in [7, 11) is 0. The Morgan fingerprint density at radius 1 is 1.23 bits per heavy atom. The maximum atomic E-state index is 12.8. The molecule has 0 saturated carbocycles. The molecular weight excluding hydrogens is 378 g/mol. The van der Waals surface area contributed by atoms with Crippen molar-refractivity contribution in [2.24, 2.45) is 0 Å². The second kappa shape index (κ2) is 6.80. The molecule has 2 amide bonds. The Bertz CT molecular complexity index is 1150. The molecule has 5 heterocycles. The van der Waals surface area contributed by atoms with Crippen LogP contribution in [0.4, 0.5) is 4.79 Å². The molecule has 7 nitrogen and oxygen atoms in total. The zero-order valence-electron chi connectivity index (χ0n) is 17.8. The maximum Gasteiger partial charge on any atom is 0.317 e. The van der Waals surface area contributed by atoms with Gasteiger partial charge in [0.25, 0.3) is 0 Å². The third-order valence-electron chi connectivity index (χ3n) is 6.75. The number of aryl methyl sites for hydroxylation is 1. The number of para-hydroxylation sites is 1. The molecule has 0 bridgehead atoms. The van der Waals surface area contributed by atoms with E-state index in [9.17, 15) is 4.79 Å². The van der Waals surface area contributed by atoms with Crippen LogP contribution in [0, 0.1) is 0 Å². The van der Waals surface area contributed by atoms with Gasteiger partial charge in [0.05, 0.1) is 11.2 Å². The van der Waals surface area contributed by atoms with Gasteiger partial charge in [0.1, 0.15) is 0 Å². The van der Waals surface area contributed by atoms with Gasteiger partial charge in [0, 0.05) is 67.1 Å². The number of hydrogen-bond acceptors (Lipinski definition) is 4. The molecule has 0 unspecified atom stereocenters. The number of ether oxygens (including phenoxy) is 1. The van der Waals surface area contributed by atoms with E-state index in [-0.39, 0.29) is 17.5 Å².